The van der Waals surface area contributed by atoms with Gasteiger partial charge in [0.1, 0.15) is 5.41 Å². The minimum atomic E-state index is -1.45. The normalized spacial score (nSPS) is 43.1. The van der Waals surface area contributed by atoms with Crippen LogP contribution in [0.3, 0.4) is 0 Å². The van der Waals surface area contributed by atoms with Crippen molar-refractivity contribution in [2.75, 3.05) is 0 Å². The molecule has 2 aliphatic carbocycles. The fourth-order valence-corrected chi connectivity index (χ4v) is 6.39. The molecule has 3 aliphatic rings. The van der Waals surface area contributed by atoms with E-state index in [1.807, 2.05) is 56.3 Å². The van der Waals surface area contributed by atoms with E-state index in [1.54, 1.807) is 6.92 Å². The first-order valence-corrected chi connectivity index (χ1v) is 11.9. The first-order chi connectivity index (χ1) is 15.6. The first-order valence-electron chi connectivity index (χ1n) is 11.9. The van der Waals surface area contributed by atoms with Crippen LogP contribution in [0, 0.1) is 29.1 Å². The fraction of sp³-hybridized carbons (Fsp3) is 0.500. The topological polar surface area (TPSA) is 86.6 Å². The number of allylic oxidation sites excluding steroid dienone is 2. The second kappa shape index (κ2) is 8.69. The predicted octanol–water partition coefficient (Wildman–Crippen LogP) is 3.38. The standard InChI is InChI=1S/C28H35NO4/c1-17-9-8-12-21-25(31)19(3)18(2)24-22(15-20-10-6-5-7-11-20)29-26(32)28(21,24)23(30)13-14-27(4,33)16-17/h5-8,10-14,17-18,21-22,24-25,31,33H,3,9,15-16H2,1-2,4H3,(H,29,32)/b12-8+,14-13+/t17?,18-,21+,22+,24?,25-,27?,28-/m1/s1. The van der Waals surface area contributed by atoms with Gasteiger partial charge in [-0.05, 0) is 61.3 Å². The largest absolute Gasteiger partial charge is 0.388 e. The summed E-state index contributed by atoms with van der Waals surface area (Å²) >= 11 is 0. The van der Waals surface area contributed by atoms with Crippen molar-refractivity contribution in [3.8, 4) is 0 Å². The van der Waals surface area contributed by atoms with E-state index in [0.717, 1.165) is 5.56 Å². The molecule has 33 heavy (non-hydrogen) atoms. The van der Waals surface area contributed by atoms with Gasteiger partial charge in [-0.1, -0.05) is 62.9 Å². The third-order valence-corrected chi connectivity index (χ3v) is 7.96. The van der Waals surface area contributed by atoms with E-state index in [2.05, 4.69) is 11.9 Å². The second-order valence-electron chi connectivity index (χ2n) is 10.5. The summed E-state index contributed by atoms with van der Waals surface area (Å²) in [7, 11) is 0. The highest BCUT2D eigenvalue weighted by Gasteiger charge is 2.68. The Hall–Kier alpha value is -2.50. The number of nitrogens with one attached hydrogen (secondary N) is 1. The highest BCUT2D eigenvalue weighted by Crippen LogP contribution is 2.56. The van der Waals surface area contributed by atoms with Crippen molar-refractivity contribution in [3.63, 3.8) is 0 Å². The molecule has 3 unspecified atom stereocenters. The smallest absolute Gasteiger partial charge is 0.235 e. The monoisotopic (exact) mass is 449 g/mol. The number of aliphatic hydroxyl groups is 2. The van der Waals surface area contributed by atoms with E-state index in [1.165, 1.54) is 12.2 Å². The Kier molecular flexibility index (Phi) is 6.23. The Bertz CT molecular complexity index is 994. The Labute approximate surface area is 196 Å². The molecule has 1 aromatic rings. The molecule has 0 bridgehead atoms. The molecule has 5 nitrogen and oxygen atoms in total. The SMILES string of the molecule is C=C1[C@@H](C)C2[C@H](Cc3ccccc3)NC(=O)[C@]23C(=O)/C=C/C(C)(O)CC(C)C/C=C/[C@H]3[C@@H]1O. The molecule has 1 saturated heterocycles. The Balaban J connectivity index is 1.86. The number of hydrogen-bond acceptors (Lipinski definition) is 4. The molecular weight excluding hydrogens is 414 g/mol. The van der Waals surface area contributed by atoms with E-state index >= 15 is 0 Å². The average molecular weight is 450 g/mol. The molecule has 0 radical (unpaired) electrons. The van der Waals surface area contributed by atoms with Gasteiger partial charge in [-0.15, -0.1) is 0 Å². The van der Waals surface area contributed by atoms with E-state index in [4.69, 9.17) is 0 Å². The maximum absolute atomic E-state index is 13.9. The molecule has 8 atom stereocenters. The summed E-state index contributed by atoms with van der Waals surface area (Å²) in [6, 6.07) is 9.64. The van der Waals surface area contributed by atoms with E-state index in [0.29, 0.717) is 24.8 Å². The lowest BCUT2D eigenvalue weighted by molar-refractivity contribution is -0.148. The molecule has 4 rings (SSSR count). The maximum atomic E-state index is 13.9. The molecule has 1 aromatic carbocycles. The summed E-state index contributed by atoms with van der Waals surface area (Å²) in [6.07, 6.45) is 7.48. The van der Waals surface area contributed by atoms with Crippen LogP contribution in [0.2, 0.25) is 0 Å². The summed E-state index contributed by atoms with van der Waals surface area (Å²) in [5.74, 6) is -1.84. The van der Waals surface area contributed by atoms with Gasteiger partial charge in [0.25, 0.3) is 0 Å². The van der Waals surface area contributed by atoms with Gasteiger partial charge in [-0.25, -0.2) is 0 Å². The number of hydrogen-bond donors (Lipinski definition) is 3. The zero-order valence-electron chi connectivity index (χ0n) is 19.7. The van der Waals surface area contributed by atoms with Gasteiger partial charge in [0.05, 0.1) is 11.7 Å². The summed E-state index contributed by atoms with van der Waals surface area (Å²) in [5.41, 5.74) is -0.870. The molecule has 1 aliphatic heterocycles. The van der Waals surface area contributed by atoms with Gasteiger partial charge in [-0.3, -0.25) is 9.59 Å². The van der Waals surface area contributed by atoms with E-state index in [9.17, 15) is 19.8 Å². The van der Waals surface area contributed by atoms with Crippen molar-refractivity contribution < 1.29 is 19.8 Å². The molecule has 1 amide bonds. The lowest BCUT2D eigenvalue weighted by Crippen LogP contribution is -2.58. The number of amides is 1. The summed E-state index contributed by atoms with van der Waals surface area (Å²) < 4.78 is 0. The number of ketones is 1. The predicted molar refractivity (Wildman–Crippen MR) is 128 cm³/mol. The van der Waals surface area contributed by atoms with Crippen LogP contribution in [-0.2, 0) is 16.0 Å². The summed E-state index contributed by atoms with van der Waals surface area (Å²) in [4.78, 5) is 27.7. The zero-order valence-corrected chi connectivity index (χ0v) is 19.7. The Morgan fingerprint density at radius 2 is 1.88 bits per heavy atom. The third kappa shape index (κ3) is 4.02. The number of rotatable bonds is 2. The third-order valence-electron chi connectivity index (χ3n) is 7.96. The number of carbonyl (C=O) groups is 2. The molecule has 1 heterocycles. The van der Waals surface area contributed by atoms with Crippen LogP contribution in [0.5, 0.6) is 0 Å². The number of carbonyl (C=O) groups excluding carboxylic acids is 2. The van der Waals surface area contributed by atoms with Crippen LogP contribution < -0.4 is 5.32 Å². The average Bonchev–Trinajstić information content (AvgIpc) is 3.04. The lowest BCUT2D eigenvalue weighted by atomic mass is 9.52. The highest BCUT2D eigenvalue weighted by molar-refractivity contribution is 6.13. The van der Waals surface area contributed by atoms with Gasteiger partial charge < -0.3 is 15.5 Å². The van der Waals surface area contributed by atoms with E-state index in [-0.39, 0.29) is 35.5 Å². The van der Waals surface area contributed by atoms with Gasteiger partial charge in [-0.2, -0.15) is 0 Å². The Morgan fingerprint density at radius 3 is 2.58 bits per heavy atom. The molecule has 0 aromatic heterocycles. The maximum Gasteiger partial charge on any atom is 0.235 e. The van der Waals surface area contributed by atoms with E-state index < -0.39 is 23.0 Å². The quantitative estimate of drug-likeness (QED) is 0.477. The van der Waals surface area contributed by atoms with Crippen molar-refractivity contribution in [3.05, 3.63) is 72.4 Å². The minimum absolute atomic E-state index is 0.173. The van der Waals surface area contributed by atoms with Crippen LogP contribution in [0.1, 0.15) is 39.2 Å². The second-order valence-corrected chi connectivity index (χ2v) is 10.5. The molecule has 1 saturated carbocycles. The molecule has 176 valence electrons. The van der Waals surface area contributed by atoms with Crippen molar-refractivity contribution in [1.29, 1.82) is 0 Å². The van der Waals surface area contributed by atoms with Crippen molar-refractivity contribution in [2.24, 2.45) is 29.1 Å². The van der Waals surface area contributed by atoms with Crippen LogP contribution in [-0.4, -0.2) is 39.7 Å². The van der Waals surface area contributed by atoms with Gasteiger partial charge >= 0.3 is 0 Å². The van der Waals surface area contributed by atoms with Crippen LogP contribution in [0.4, 0.5) is 0 Å². The Morgan fingerprint density at radius 1 is 1.18 bits per heavy atom. The summed E-state index contributed by atoms with van der Waals surface area (Å²) in [6.45, 7) is 9.86. The lowest BCUT2D eigenvalue weighted by Gasteiger charge is -2.48. The zero-order chi connectivity index (χ0) is 24.0. The van der Waals surface area contributed by atoms with Crippen LogP contribution in [0.25, 0.3) is 0 Å². The molecule has 2 fully saturated rings. The van der Waals surface area contributed by atoms with Gasteiger partial charge in [0.15, 0.2) is 5.78 Å². The molecule has 1 spiro atoms. The van der Waals surface area contributed by atoms with Gasteiger partial charge in [0.2, 0.25) is 5.91 Å². The number of aliphatic hydroxyl groups excluding tert-OH is 1. The fourth-order valence-electron chi connectivity index (χ4n) is 6.39. The van der Waals surface area contributed by atoms with Crippen molar-refractivity contribution in [1.82, 2.24) is 5.32 Å². The minimum Gasteiger partial charge on any atom is -0.388 e. The van der Waals surface area contributed by atoms with Crippen LogP contribution >= 0.6 is 0 Å². The van der Waals surface area contributed by atoms with Crippen LogP contribution in [0.15, 0.2) is 66.8 Å². The van der Waals surface area contributed by atoms with Crippen molar-refractivity contribution >= 4 is 11.7 Å². The number of benzene rings is 1. The summed E-state index contributed by atoms with van der Waals surface area (Å²) in [5, 5.41) is 25.2. The highest BCUT2D eigenvalue weighted by atomic mass is 16.3. The molecule has 5 heteroatoms. The molecular formula is C28H35NO4. The van der Waals surface area contributed by atoms with Crippen molar-refractivity contribution in [2.45, 2.75) is 57.8 Å². The van der Waals surface area contributed by atoms with Gasteiger partial charge in [0, 0.05) is 17.9 Å². The first kappa shape index (κ1) is 23.7. The molecule has 3 N–H and O–H groups in total.